The van der Waals surface area contributed by atoms with Crippen molar-refractivity contribution in [3.63, 3.8) is 0 Å². The largest absolute Gasteiger partial charge is 0.416 e. The Hall–Kier alpha value is -3.39. The van der Waals surface area contributed by atoms with Crippen LogP contribution in [0.25, 0.3) is 11.1 Å². The van der Waals surface area contributed by atoms with Crippen LogP contribution in [0.15, 0.2) is 53.5 Å². The van der Waals surface area contributed by atoms with Gasteiger partial charge in [0.2, 0.25) is 0 Å². The molecule has 1 amide bonds. The lowest BCUT2D eigenvalue weighted by atomic mass is 9.71. The highest BCUT2D eigenvalue weighted by Gasteiger charge is 2.39. The molecule has 2 aliphatic carbocycles. The van der Waals surface area contributed by atoms with E-state index >= 15 is 0 Å². The van der Waals surface area contributed by atoms with Gasteiger partial charge in [0.05, 0.1) is 23.1 Å². The number of aliphatic hydroxyl groups excluding tert-OH is 1. The molecule has 3 aromatic rings. The first-order valence-electron chi connectivity index (χ1n) is 14.9. The van der Waals surface area contributed by atoms with E-state index in [9.17, 15) is 27.5 Å². The minimum Gasteiger partial charge on any atom is -0.388 e. The third-order valence-electron chi connectivity index (χ3n) is 8.52. The molecule has 4 nitrogen and oxygen atoms in total. The fourth-order valence-corrected chi connectivity index (χ4v) is 6.32. The number of aromatic nitrogens is 1. The van der Waals surface area contributed by atoms with Crippen LogP contribution in [-0.2, 0) is 17.4 Å². The summed E-state index contributed by atoms with van der Waals surface area (Å²) in [5, 5.41) is 11.6. The number of alkyl halides is 3. The van der Waals surface area contributed by atoms with Crippen LogP contribution in [0.1, 0.15) is 112 Å². The normalized spacial score (nSPS) is 19.4. The van der Waals surface area contributed by atoms with Gasteiger partial charge >= 0.3 is 6.18 Å². The first kappa shape index (κ1) is 31.0. The first-order valence-corrected chi connectivity index (χ1v) is 14.9. The van der Waals surface area contributed by atoms with E-state index in [1.54, 1.807) is 32.9 Å². The Morgan fingerprint density at radius 2 is 1.58 bits per heavy atom. The number of rotatable bonds is 4. The number of nitrogens with zero attached hydrogens (tertiary/aromatic N) is 2. The summed E-state index contributed by atoms with van der Waals surface area (Å²) in [4.78, 5) is 23.4. The Labute approximate surface area is 250 Å². The van der Waals surface area contributed by atoms with Gasteiger partial charge in [-0.1, -0.05) is 71.7 Å². The predicted molar refractivity (Wildman–Crippen MR) is 159 cm³/mol. The van der Waals surface area contributed by atoms with E-state index in [1.807, 2.05) is 0 Å². The maximum atomic E-state index is 14.2. The van der Waals surface area contributed by atoms with E-state index in [0.717, 1.165) is 49.2 Å². The molecule has 0 saturated heterocycles. The smallest absolute Gasteiger partial charge is 0.388 e. The molecule has 1 aromatic heterocycles. The molecular formula is C35H38F4N2O2. The second kappa shape index (κ2) is 11.3. The van der Waals surface area contributed by atoms with Crippen molar-refractivity contribution in [1.82, 2.24) is 4.98 Å². The van der Waals surface area contributed by atoms with Gasteiger partial charge in [0.25, 0.3) is 5.91 Å². The number of hydrogen-bond acceptors (Lipinski definition) is 3. The van der Waals surface area contributed by atoms with Gasteiger partial charge in [0, 0.05) is 39.3 Å². The van der Waals surface area contributed by atoms with Crippen LogP contribution in [0, 0.1) is 16.6 Å². The van der Waals surface area contributed by atoms with Crippen molar-refractivity contribution in [1.29, 1.82) is 0 Å². The van der Waals surface area contributed by atoms with E-state index in [2.05, 4.69) is 18.8 Å². The highest BCUT2D eigenvalue weighted by molar-refractivity contribution is 6.21. The number of hydrogen-bond donors (Lipinski definition) is 1. The zero-order valence-corrected chi connectivity index (χ0v) is 25.3. The van der Waals surface area contributed by atoms with E-state index in [0.29, 0.717) is 40.7 Å². The second-order valence-corrected chi connectivity index (χ2v) is 13.7. The Morgan fingerprint density at radius 3 is 2.14 bits per heavy atom. The highest BCUT2D eigenvalue weighted by atomic mass is 19.4. The number of amides is 1. The molecule has 43 heavy (non-hydrogen) atoms. The van der Waals surface area contributed by atoms with Crippen molar-refractivity contribution in [3.05, 3.63) is 88.0 Å². The molecule has 0 bridgehead atoms. The van der Waals surface area contributed by atoms with Crippen LogP contribution in [-0.4, -0.2) is 21.7 Å². The Balaban J connectivity index is 1.91. The van der Waals surface area contributed by atoms with Crippen molar-refractivity contribution < 1.29 is 27.5 Å². The lowest BCUT2D eigenvalue weighted by Crippen LogP contribution is -2.30. The summed E-state index contributed by atoms with van der Waals surface area (Å²) in [5.74, 6) is -0.833. The van der Waals surface area contributed by atoms with Crippen LogP contribution in [0.5, 0.6) is 0 Å². The molecule has 8 heteroatoms. The molecule has 2 aromatic carbocycles. The Morgan fingerprint density at radius 1 is 0.977 bits per heavy atom. The maximum absolute atomic E-state index is 14.2. The molecule has 0 spiro atoms. The Bertz CT molecular complexity index is 1540. The summed E-state index contributed by atoms with van der Waals surface area (Å²) >= 11 is 0. The van der Waals surface area contributed by atoms with Crippen molar-refractivity contribution >= 4 is 11.6 Å². The van der Waals surface area contributed by atoms with Gasteiger partial charge in [0.15, 0.2) is 0 Å². The minimum atomic E-state index is -4.53. The number of halogens is 4. The Kier molecular flexibility index (Phi) is 8.14. The van der Waals surface area contributed by atoms with E-state index < -0.39 is 35.0 Å². The summed E-state index contributed by atoms with van der Waals surface area (Å²) in [7, 11) is 0. The predicted octanol–water partition coefficient (Wildman–Crippen LogP) is 8.98. The van der Waals surface area contributed by atoms with Gasteiger partial charge in [-0.15, -0.1) is 0 Å². The fraction of sp³-hybridized carbons (Fsp3) is 0.457. The monoisotopic (exact) mass is 594 g/mol. The SMILES string of the molecule is CC1(C)Cc2nc(C3CCCC3)c(C(=NC(=O)C(C)(C)C)c3ccc(C(F)(F)F)cc3)c(-c3ccc(F)cc3)c2C(O)C1. The molecule has 2 aliphatic rings. The first-order chi connectivity index (χ1) is 20.0. The molecule has 1 N–H and O–H groups in total. The van der Waals surface area contributed by atoms with Crippen LogP contribution in [0.3, 0.4) is 0 Å². The molecule has 1 atom stereocenters. The number of pyridine rings is 1. The average molecular weight is 595 g/mol. The van der Waals surface area contributed by atoms with Crippen LogP contribution in [0.2, 0.25) is 0 Å². The van der Waals surface area contributed by atoms with Gasteiger partial charge in [-0.25, -0.2) is 9.38 Å². The molecule has 0 radical (unpaired) electrons. The third-order valence-corrected chi connectivity index (χ3v) is 8.52. The van der Waals surface area contributed by atoms with Gasteiger partial charge in [-0.2, -0.15) is 13.2 Å². The lowest BCUT2D eigenvalue weighted by molar-refractivity contribution is -0.137. The van der Waals surface area contributed by atoms with Gasteiger partial charge in [0.1, 0.15) is 5.82 Å². The number of fused-ring (bicyclic) bond motifs is 1. The molecule has 5 rings (SSSR count). The van der Waals surface area contributed by atoms with Crippen molar-refractivity contribution in [2.45, 2.75) is 91.3 Å². The summed E-state index contributed by atoms with van der Waals surface area (Å²) < 4.78 is 54.8. The molecule has 1 unspecified atom stereocenters. The van der Waals surface area contributed by atoms with Gasteiger partial charge < -0.3 is 5.11 Å². The molecule has 228 valence electrons. The summed E-state index contributed by atoms with van der Waals surface area (Å²) in [6.07, 6.45) is -0.632. The lowest BCUT2D eigenvalue weighted by Gasteiger charge is -2.37. The van der Waals surface area contributed by atoms with E-state index in [-0.39, 0.29) is 17.0 Å². The van der Waals surface area contributed by atoms with Crippen LogP contribution in [0.4, 0.5) is 17.6 Å². The summed E-state index contributed by atoms with van der Waals surface area (Å²) in [6, 6.07) is 10.6. The average Bonchev–Trinajstić information content (AvgIpc) is 3.45. The summed E-state index contributed by atoms with van der Waals surface area (Å²) in [6.45, 7) is 9.37. The van der Waals surface area contributed by atoms with E-state index in [4.69, 9.17) is 4.98 Å². The number of aliphatic imine (C=N–C) groups is 1. The zero-order valence-electron chi connectivity index (χ0n) is 25.3. The number of aliphatic hydroxyl groups is 1. The molecule has 1 fully saturated rings. The topological polar surface area (TPSA) is 62.5 Å². The molecule has 1 saturated carbocycles. The maximum Gasteiger partial charge on any atom is 0.416 e. The van der Waals surface area contributed by atoms with Gasteiger partial charge in [-0.05, 0) is 60.9 Å². The highest BCUT2D eigenvalue weighted by Crippen LogP contribution is 2.48. The number of benzene rings is 2. The van der Waals surface area contributed by atoms with Gasteiger partial charge in [-0.3, -0.25) is 9.78 Å². The van der Waals surface area contributed by atoms with E-state index in [1.165, 1.54) is 24.3 Å². The van der Waals surface area contributed by atoms with Crippen molar-refractivity contribution in [3.8, 4) is 11.1 Å². The van der Waals surface area contributed by atoms with Crippen LogP contribution < -0.4 is 0 Å². The quantitative estimate of drug-likeness (QED) is 0.242. The second-order valence-electron chi connectivity index (χ2n) is 13.7. The van der Waals surface area contributed by atoms with Crippen molar-refractivity contribution in [2.24, 2.45) is 15.8 Å². The third kappa shape index (κ3) is 6.44. The molecule has 0 aliphatic heterocycles. The van der Waals surface area contributed by atoms with Crippen molar-refractivity contribution in [2.75, 3.05) is 0 Å². The molecular weight excluding hydrogens is 556 g/mol. The minimum absolute atomic E-state index is 0.0334. The fourth-order valence-electron chi connectivity index (χ4n) is 6.32. The zero-order chi connectivity index (χ0) is 31.3. The molecule has 1 heterocycles. The standard InChI is InChI=1S/C35H38F4N2O2/c1-33(2,3)32(43)41-31(22-10-14-23(15-11-22)35(37,38)39)29-27(20-12-16-24(36)17-13-20)28-25(18-34(4,5)19-26(28)42)40-30(29)21-8-6-7-9-21/h10-17,21,26,42H,6-9,18-19H2,1-5H3. The number of carbonyl (C=O) groups is 1. The number of carbonyl (C=O) groups excluding carboxylic acids is 1. The summed E-state index contributed by atoms with van der Waals surface area (Å²) in [5.41, 5.74) is 2.47. The van der Waals surface area contributed by atoms with Crippen LogP contribution >= 0.6 is 0 Å².